The highest BCUT2D eigenvalue weighted by atomic mass is 19.4. The zero-order chi connectivity index (χ0) is 12.2. The zero-order valence-electron chi connectivity index (χ0n) is 8.66. The molecule has 0 fully saturated rings. The van der Waals surface area contributed by atoms with E-state index in [-0.39, 0.29) is 5.56 Å². The number of halogens is 3. The normalized spacial score (nSPS) is 13.6. The molecule has 0 amide bonds. The molecular formula is C10H12F3NO2. The second-order valence-corrected chi connectivity index (χ2v) is 3.22. The van der Waals surface area contributed by atoms with E-state index in [1.807, 2.05) is 0 Å². The lowest BCUT2D eigenvalue weighted by Gasteiger charge is -2.13. The monoisotopic (exact) mass is 235 g/mol. The van der Waals surface area contributed by atoms with Crippen molar-refractivity contribution in [1.82, 2.24) is 4.98 Å². The van der Waals surface area contributed by atoms with Crippen molar-refractivity contribution in [2.24, 2.45) is 0 Å². The molecule has 1 rings (SSSR count). The van der Waals surface area contributed by atoms with Gasteiger partial charge in [-0.25, -0.2) is 0 Å². The Bertz CT molecular complexity index is 341. The average molecular weight is 235 g/mol. The number of ether oxygens (including phenoxy) is 1. The van der Waals surface area contributed by atoms with E-state index in [2.05, 4.69) is 4.98 Å². The highest BCUT2D eigenvalue weighted by Crippen LogP contribution is 2.30. The van der Waals surface area contributed by atoms with Crippen molar-refractivity contribution < 1.29 is 23.0 Å². The first kappa shape index (κ1) is 12.8. The lowest BCUT2D eigenvalue weighted by Crippen LogP contribution is -2.13. The number of aromatic nitrogens is 1. The first-order valence-corrected chi connectivity index (χ1v) is 4.75. The second kappa shape index (κ2) is 5.16. The summed E-state index contributed by atoms with van der Waals surface area (Å²) in [5.74, 6) is 0.348. The van der Waals surface area contributed by atoms with Gasteiger partial charge in [0.05, 0.1) is 25.3 Å². The van der Waals surface area contributed by atoms with E-state index in [0.717, 1.165) is 0 Å². The van der Waals surface area contributed by atoms with Crippen LogP contribution in [0.25, 0.3) is 0 Å². The average Bonchev–Trinajstić information content (AvgIpc) is 2.16. The van der Waals surface area contributed by atoms with Crippen LogP contribution in [-0.4, -0.2) is 22.9 Å². The number of hydrogen-bond donors (Lipinski definition) is 1. The molecule has 1 aromatic heterocycles. The van der Waals surface area contributed by atoms with Crippen LogP contribution in [0, 0.1) is 0 Å². The number of aliphatic hydroxyl groups is 1. The van der Waals surface area contributed by atoms with Gasteiger partial charge in [0.2, 0.25) is 0 Å². The number of pyridine rings is 1. The lowest BCUT2D eigenvalue weighted by molar-refractivity contribution is -0.154. The number of nitrogens with zero attached hydrogens (tertiary/aromatic N) is 1. The van der Waals surface area contributed by atoms with Gasteiger partial charge in [-0.2, -0.15) is 13.2 Å². The van der Waals surface area contributed by atoms with Crippen LogP contribution in [0.3, 0.4) is 0 Å². The summed E-state index contributed by atoms with van der Waals surface area (Å²) in [6.45, 7) is 2.14. The minimum Gasteiger partial charge on any atom is -0.492 e. The van der Waals surface area contributed by atoms with Gasteiger partial charge in [-0.15, -0.1) is 0 Å². The molecule has 1 N–H and O–H groups in total. The second-order valence-electron chi connectivity index (χ2n) is 3.22. The predicted molar refractivity (Wildman–Crippen MR) is 51.0 cm³/mol. The molecule has 0 aliphatic carbocycles. The van der Waals surface area contributed by atoms with E-state index in [1.54, 1.807) is 6.92 Å². The van der Waals surface area contributed by atoms with Gasteiger partial charge in [0, 0.05) is 11.8 Å². The third-order valence-corrected chi connectivity index (χ3v) is 1.85. The molecule has 0 bridgehead atoms. The first-order valence-electron chi connectivity index (χ1n) is 4.75. The quantitative estimate of drug-likeness (QED) is 0.871. The van der Waals surface area contributed by atoms with E-state index < -0.39 is 18.7 Å². The topological polar surface area (TPSA) is 42.4 Å². The molecular weight excluding hydrogens is 223 g/mol. The maximum atomic E-state index is 12.0. The fraction of sp³-hybridized carbons (Fsp3) is 0.500. The molecule has 0 aliphatic rings. The SMILES string of the molecule is CCOc1cncc(C(O)CC(F)(F)F)c1. The van der Waals surface area contributed by atoms with Crippen molar-refractivity contribution in [3.05, 3.63) is 24.0 Å². The third kappa shape index (κ3) is 4.06. The van der Waals surface area contributed by atoms with Crippen molar-refractivity contribution in [3.63, 3.8) is 0 Å². The number of hydrogen-bond acceptors (Lipinski definition) is 3. The van der Waals surface area contributed by atoms with Gasteiger partial charge < -0.3 is 9.84 Å². The summed E-state index contributed by atoms with van der Waals surface area (Å²) in [5, 5.41) is 9.33. The Morgan fingerprint density at radius 1 is 1.44 bits per heavy atom. The molecule has 3 nitrogen and oxygen atoms in total. The molecule has 1 aromatic rings. The van der Waals surface area contributed by atoms with Crippen LogP contribution in [0.4, 0.5) is 13.2 Å². The highest BCUT2D eigenvalue weighted by Gasteiger charge is 2.31. The Hall–Kier alpha value is -1.30. The van der Waals surface area contributed by atoms with Gasteiger partial charge in [-0.05, 0) is 13.0 Å². The van der Waals surface area contributed by atoms with Gasteiger partial charge in [0.1, 0.15) is 5.75 Å². The standard InChI is InChI=1S/C10H12F3NO2/c1-2-16-8-3-7(5-14-6-8)9(15)4-10(11,12)13/h3,5-6,9,15H,2,4H2,1H3. The van der Waals surface area contributed by atoms with Crippen LogP contribution < -0.4 is 4.74 Å². The predicted octanol–water partition coefficient (Wildman–Crippen LogP) is 2.47. The molecule has 1 heterocycles. The fourth-order valence-corrected chi connectivity index (χ4v) is 1.20. The molecule has 0 aliphatic heterocycles. The van der Waals surface area contributed by atoms with Gasteiger partial charge in [0.15, 0.2) is 0 Å². The summed E-state index contributed by atoms with van der Waals surface area (Å²) in [6.07, 6.45) is -4.72. The summed E-state index contributed by atoms with van der Waals surface area (Å²) in [6, 6.07) is 1.35. The molecule has 0 radical (unpaired) electrons. The van der Waals surface area contributed by atoms with Crippen molar-refractivity contribution in [3.8, 4) is 5.75 Å². The van der Waals surface area contributed by atoms with Gasteiger partial charge in [-0.3, -0.25) is 4.98 Å². The van der Waals surface area contributed by atoms with E-state index in [0.29, 0.717) is 12.4 Å². The summed E-state index contributed by atoms with van der Waals surface area (Å²) in [5.41, 5.74) is 0.100. The van der Waals surface area contributed by atoms with Crippen LogP contribution in [0.15, 0.2) is 18.5 Å². The molecule has 90 valence electrons. The van der Waals surface area contributed by atoms with Crippen molar-refractivity contribution in [2.75, 3.05) is 6.61 Å². The van der Waals surface area contributed by atoms with Crippen LogP contribution in [0.2, 0.25) is 0 Å². The minimum absolute atomic E-state index is 0.100. The zero-order valence-corrected chi connectivity index (χ0v) is 8.66. The van der Waals surface area contributed by atoms with Crippen LogP contribution in [0.5, 0.6) is 5.75 Å². The van der Waals surface area contributed by atoms with E-state index >= 15 is 0 Å². The van der Waals surface area contributed by atoms with E-state index in [1.165, 1.54) is 18.5 Å². The molecule has 0 saturated carbocycles. The smallest absolute Gasteiger partial charge is 0.391 e. The summed E-state index contributed by atoms with van der Waals surface area (Å²) in [4.78, 5) is 3.70. The molecule has 1 unspecified atom stereocenters. The molecule has 0 aromatic carbocycles. The molecule has 1 atom stereocenters. The Morgan fingerprint density at radius 2 is 2.12 bits per heavy atom. The van der Waals surface area contributed by atoms with Crippen molar-refractivity contribution in [2.45, 2.75) is 25.6 Å². The molecule has 0 spiro atoms. The summed E-state index contributed by atoms with van der Waals surface area (Å²) in [7, 11) is 0. The lowest BCUT2D eigenvalue weighted by atomic mass is 10.1. The third-order valence-electron chi connectivity index (χ3n) is 1.85. The largest absolute Gasteiger partial charge is 0.492 e. The highest BCUT2D eigenvalue weighted by molar-refractivity contribution is 5.25. The van der Waals surface area contributed by atoms with Gasteiger partial charge >= 0.3 is 6.18 Å². The van der Waals surface area contributed by atoms with E-state index in [4.69, 9.17) is 4.74 Å². The first-order chi connectivity index (χ1) is 7.42. The Morgan fingerprint density at radius 3 is 2.69 bits per heavy atom. The van der Waals surface area contributed by atoms with Crippen molar-refractivity contribution >= 4 is 0 Å². The van der Waals surface area contributed by atoms with E-state index in [9.17, 15) is 18.3 Å². The van der Waals surface area contributed by atoms with Crippen LogP contribution in [-0.2, 0) is 0 Å². The van der Waals surface area contributed by atoms with Crippen molar-refractivity contribution in [1.29, 1.82) is 0 Å². The summed E-state index contributed by atoms with van der Waals surface area (Å²) >= 11 is 0. The minimum atomic E-state index is -4.40. The fourth-order valence-electron chi connectivity index (χ4n) is 1.20. The Labute approximate surface area is 90.9 Å². The molecule has 16 heavy (non-hydrogen) atoms. The molecule has 0 saturated heterocycles. The Balaban J connectivity index is 2.75. The van der Waals surface area contributed by atoms with Gasteiger partial charge in [0.25, 0.3) is 0 Å². The number of rotatable bonds is 4. The number of aliphatic hydroxyl groups excluding tert-OH is 1. The summed E-state index contributed by atoms with van der Waals surface area (Å²) < 4.78 is 41.2. The van der Waals surface area contributed by atoms with Crippen LogP contribution >= 0.6 is 0 Å². The molecule has 6 heteroatoms. The number of alkyl halides is 3. The maximum Gasteiger partial charge on any atom is 0.391 e. The van der Waals surface area contributed by atoms with Crippen LogP contribution in [0.1, 0.15) is 25.0 Å². The maximum absolute atomic E-state index is 12.0. The van der Waals surface area contributed by atoms with Gasteiger partial charge in [-0.1, -0.05) is 0 Å². The Kier molecular flexibility index (Phi) is 4.12.